The average molecular weight is 373 g/mol. The summed E-state index contributed by atoms with van der Waals surface area (Å²) in [6, 6.07) is 11.8. The normalized spacial score (nSPS) is 11.3. The molecule has 0 aliphatic carbocycles. The van der Waals surface area contributed by atoms with Crippen LogP contribution in [0.3, 0.4) is 0 Å². The maximum absolute atomic E-state index is 12.4. The van der Waals surface area contributed by atoms with Gasteiger partial charge in [0, 0.05) is 6.08 Å². The number of fused-ring (bicyclic) bond motifs is 1. The molecule has 2 aromatic carbocycles. The molecular formula is C19H17F2N3O3. The number of halogens is 2. The Bertz CT molecular complexity index is 970. The van der Waals surface area contributed by atoms with Gasteiger partial charge in [-0.3, -0.25) is 10.2 Å². The molecule has 0 saturated heterocycles. The van der Waals surface area contributed by atoms with Crippen LogP contribution in [0.1, 0.15) is 12.5 Å². The van der Waals surface area contributed by atoms with Crippen LogP contribution in [-0.4, -0.2) is 28.8 Å². The van der Waals surface area contributed by atoms with Crippen molar-refractivity contribution in [2.45, 2.75) is 13.5 Å². The van der Waals surface area contributed by atoms with Crippen LogP contribution in [0.5, 0.6) is 11.5 Å². The molecule has 0 fully saturated rings. The van der Waals surface area contributed by atoms with Crippen LogP contribution in [0, 0.1) is 0 Å². The number of ether oxygens (including phenoxy) is 2. The van der Waals surface area contributed by atoms with Gasteiger partial charge in [-0.2, -0.15) is 8.78 Å². The maximum Gasteiger partial charge on any atom is 0.387 e. The molecule has 0 atom stereocenters. The number of para-hydroxylation sites is 2. The van der Waals surface area contributed by atoms with Gasteiger partial charge in [-0.25, -0.2) is 9.66 Å². The molecule has 0 radical (unpaired) electrons. The fourth-order valence-electron chi connectivity index (χ4n) is 2.47. The van der Waals surface area contributed by atoms with Crippen LogP contribution in [0.2, 0.25) is 0 Å². The van der Waals surface area contributed by atoms with Gasteiger partial charge in [-0.05, 0) is 42.8 Å². The van der Waals surface area contributed by atoms with Crippen LogP contribution in [-0.2, 0) is 4.79 Å². The van der Waals surface area contributed by atoms with E-state index in [0.717, 1.165) is 11.0 Å². The minimum atomic E-state index is -2.94. The predicted octanol–water partition coefficient (Wildman–Crippen LogP) is 3.82. The molecule has 0 saturated carbocycles. The van der Waals surface area contributed by atoms with Crippen LogP contribution in [0.4, 0.5) is 8.78 Å². The summed E-state index contributed by atoms with van der Waals surface area (Å²) in [5.41, 5.74) is 4.82. The van der Waals surface area contributed by atoms with E-state index in [0.29, 0.717) is 12.2 Å². The molecule has 3 aromatic rings. The summed E-state index contributed by atoms with van der Waals surface area (Å²) in [7, 11) is 0. The van der Waals surface area contributed by atoms with Crippen molar-refractivity contribution in [3.8, 4) is 11.5 Å². The molecule has 1 heterocycles. The lowest BCUT2D eigenvalue weighted by Crippen LogP contribution is -2.19. The molecule has 0 bridgehead atoms. The molecule has 1 amide bonds. The third-order valence-electron chi connectivity index (χ3n) is 3.60. The van der Waals surface area contributed by atoms with Crippen molar-refractivity contribution >= 4 is 23.0 Å². The van der Waals surface area contributed by atoms with E-state index in [1.807, 2.05) is 24.3 Å². The third-order valence-corrected chi connectivity index (χ3v) is 3.60. The van der Waals surface area contributed by atoms with Crippen LogP contribution in [0.25, 0.3) is 17.1 Å². The number of rotatable bonds is 7. The predicted molar refractivity (Wildman–Crippen MR) is 97.4 cm³/mol. The summed E-state index contributed by atoms with van der Waals surface area (Å²) in [5, 5.41) is 0. The van der Waals surface area contributed by atoms with E-state index in [1.54, 1.807) is 19.1 Å². The summed E-state index contributed by atoms with van der Waals surface area (Å²) in [4.78, 5) is 16.3. The summed E-state index contributed by atoms with van der Waals surface area (Å²) in [6.45, 7) is -0.917. The van der Waals surface area contributed by atoms with Crippen molar-refractivity contribution in [2.75, 3.05) is 12.0 Å². The van der Waals surface area contributed by atoms with Crippen molar-refractivity contribution in [1.82, 2.24) is 9.66 Å². The van der Waals surface area contributed by atoms with E-state index in [2.05, 4.69) is 15.1 Å². The Hall–Kier alpha value is -3.42. The Morgan fingerprint density at radius 3 is 2.85 bits per heavy atom. The summed E-state index contributed by atoms with van der Waals surface area (Å²) < 4.78 is 36.1. The molecule has 0 aliphatic heterocycles. The zero-order valence-corrected chi connectivity index (χ0v) is 14.4. The second kappa shape index (κ2) is 8.31. The minimum Gasteiger partial charge on any atom is -0.490 e. The van der Waals surface area contributed by atoms with Gasteiger partial charge in [0.2, 0.25) is 0 Å². The topological polar surface area (TPSA) is 65.4 Å². The van der Waals surface area contributed by atoms with Gasteiger partial charge < -0.3 is 9.47 Å². The number of hydrogen-bond acceptors (Lipinski definition) is 4. The fourth-order valence-corrected chi connectivity index (χ4v) is 2.47. The lowest BCUT2D eigenvalue weighted by molar-refractivity contribution is -0.112. The Morgan fingerprint density at radius 1 is 1.26 bits per heavy atom. The fraction of sp³-hybridized carbons (Fsp3) is 0.158. The number of amides is 1. The van der Waals surface area contributed by atoms with Crippen molar-refractivity contribution in [2.24, 2.45) is 0 Å². The molecule has 140 valence electrons. The van der Waals surface area contributed by atoms with Crippen LogP contribution in [0.15, 0.2) is 54.9 Å². The number of carbonyl (C=O) groups excluding carboxylic acids is 1. The van der Waals surface area contributed by atoms with Crippen molar-refractivity contribution < 1.29 is 23.0 Å². The number of alkyl halides is 2. The highest BCUT2D eigenvalue weighted by Gasteiger charge is 2.11. The van der Waals surface area contributed by atoms with E-state index < -0.39 is 6.61 Å². The molecule has 1 aromatic heterocycles. The zero-order chi connectivity index (χ0) is 19.2. The van der Waals surface area contributed by atoms with E-state index in [9.17, 15) is 13.6 Å². The second-order valence-electron chi connectivity index (χ2n) is 5.43. The van der Waals surface area contributed by atoms with E-state index in [4.69, 9.17) is 4.74 Å². The molecule has 1 N–H and O–H groups in total. The Kier molecular flexibility index (Phi) is 5.65. The molecule has 27 heavy (non-hydrogen) atoms. The molecule has 8 heteroatoms. The first-order valence-electron chi connectivity index (χ1n) is 8.19. The molecule has 6 nitrogen and oxygen atoms in total. The number of hydrogen-bond donors (Lipinski definition) is 1. The molecular weight excluding hydrogens is 356 g/mol. The Labute approximate surface area is 154 Å². The van der Waals surface area contributed by atoms with Gasteiger partial charge >= 0.3 is 6.61 Å². The van der Waals surface area contributed by atoms with Crippen LogP contribution < -0.4 is 14.9 Å². The molecule has 0 unspecified atom stereocenters. The Balaban J connectivity index is 1.72. The van der Waals surface area contributed by atoms with E-state index in [-0.39, 0.29) is 17.4 Å². The number of nitrogens with one attached hydrogen (secondary N) is 1. The first-order valence-corrected chi connectivity index (χ1v) is 8.19. The summed E-state index contributed by atoms with van der Waals surface area (Å²) in [6.07, 6.45) is 4.39. The molecule has 0 spiro atoms. The smallest absolute Gasteiger partial charge is 0.387 e. The zero-order valence-electron chi connectivity index (χ0n) is 14.4. The van der Waals surface area contributed by atoms with Gasteiger partial charge in [-0.15, -0.1) is 0 Å². The van der Waals surface area contributed by atoms with Gasteiger partial charge in [0.05, 0.1) is 17.6 Å². The highest BCUT2D eigenvalue weighted by Crippen LogP contribution is 2.30. The van der Waals surface area contributed by atoms with Gasteiger partial charge in [-0.1, -0.05) is 18.2 Å². The van der Waals surface area contributed by atoms with E-state index >= 15 is 0 Å². The summed E-state index contributed by atoms with van der Waals surface area (Å²) >= 11 is 0. The third kappa shape index (κ3) is 4.60. The number of carbonyl (C=O) groups is 1. The van der Waals surface area contributed by atoms with Crippen molar-refractivity contribution in [3.63, 3.8) is 0 Å². The Morgan fingerprint density at radius 2 is 2.07 bits per heavy atom. The summed E-state index contributed by atoms with van der Waals surface area (Å²) in [5.74, 6) is -0.247. The lowest BCUT2D eigenvalue weighted by atomic mass is 10.2. The second-order valence-corrected chi connectivity index (χ2v) is 5.43. The van der Waals surface area contributed by atoms with Gasteiger partial charge in [0.1, 0.15) is 6.33 Å². The lowest BCUT2D eigenvalue weighted by Gasteiger charge is -2.11. The van der Waals surface area contributed by atoms with Crippen molar-refractivity contribution in [3.05, 3.63) is 60.4 Å². The van der Waals surface area contributed by atoms with Gasteiger partial charge in [0.25, 0.3) is 5.91 Å². The average Bonchev–Trinajstić information content (AvgIpc) is 3.05. The van der Waals surface area contributed by atoms with Gasteiger partial charge in [0.15, 0.2) is 11.5 Å². The number of imidazole rings is 1. The molecule has 0 aliphatic rings. The molecule has 3 rings (SSSR count). The standard InChI is InChI=1S/C19H17F2N3O3/c1-2-26-17-11-13(7-9-16(17)27-19(20)21)8-10-18(25)23-24-12-22-14-5-3-4-6-15(14)24/h3-12,19H,2H2,1H3,(H,23,25)/b10-8+. The first-order chi connectivity index (χ1) is 13.1. The number of aromatic nitrogens is 2. The number of nitrogens with zero attached hydrogens (tertiary/aromatic N) is 2. The SMILES string of the molecule is CCOc1cc(/C=C/C(=O)Nn2cnc3ccccc32)ccc1OC(F)F. The minimum absolute atomic E-state index is 0.0571. The van der Waals surface area contributed by atoms with Crippen LogP contribution >= 0.6 is 0 Å². The number of benzene rings is 2. The largest absolute Gasteiger partial charge is 0.490 e. The maximum atomic E-state index is 12.4. The first kappa shape index (κ1) is 18.4. The highest BCUT2D eigenvalue weighted by atomic mass is 19.3. The monoisotopic (exact) mass is 373 g/mol. The quantitative estimate of drug-likeness (QED) is 0.640. The highest BCUT2D eigenvalue weighted by molar-refractivity contribution is 5.98. The van der Waals surface area contributed by atoms with Crippen molar-refractivity contribution in [1.29, 1.82) is 0 Å². The van der Waals surface area contributed by atoms with E-state index in [1.165, 1.54) is 29.2 Å².